The summed E-state index contributed by atoms with van der Waals surface area (Å²) in [4.78, 5) is 0. The molecule has 0 bridgehead atoms. The van der Waals surface area contributed by atoms with Gasteiger partial charge in [-0.3, -0.25) is 0 Å². The Labute approximate surface area is 100 Å². The van der Waals surface area contributed by atoms with E-state index in [1.807, 2.05) is 26.1 Å². The minimum atomic E-state index is 0.921. The highest BCUT2D eigenvalue weighted by Gasteiger charge is 2.15. The molecule has 0 aliphatic rings. The number of hydrogen-bond acceptors (Lipinski definition) is 1. The van der Waals surface area contributed by atoms with Crippen LogP contribution in [0.2, 0.25) is 0 Å². The van der Waals surface area contributed by atoms with Crippen molar-refractivity contribution in [2.24, 2.45) is 7.05 Å². The van der Waals surface area contributed by atoms with Crippen molar-refractivity contribution in [3.05, 3.63) is 54.4 Å². The Hall–Kier alpha value is -2.09. The molecule has 0 unspecified atom stereocenters. The third kappa shape index (κ3) is 1.62. The lowest BCUT2D eigenvalue weighted by Crippen LogP contribution is -2.28. The maximum atomic E-state index is 5.65. The maximum Gasteiger partial charge on any atom is 0.344 e. The molecule has 0 saturated heterocycles. The average molecular weight is 224 g/mol. The zero-order chi connectivity index (χ0) is 11.8. The largest absolute Gasteiger partial charge is 0.402 e. The topological polar surface area (TPSA) is 17.0 Å². The molecule has 0 aliphatic carbocycles. The number of benzene rings is 2. The van der Waals surface area contributed by atoms with Crippen molar-refractivity contribution >= 4 is 11.1 Å². The van der Waals surface area contributed by atoms with E-state index in [4.69, 9.17) is 4.42 Å². The van der Waals surface area contributed by atoms with Gasteiger partial charge in [0.25, 0.3) is 5.52 Å². The molecule has 84 valence electrons. The van der Waals surface area contributed by atoms with Crippen LogP contribution in [0.1, 0.15) is 5.89 Å². The van der Waals surface area contributed by atoms with Crippen molar-refractivity contribution in [1.82, 2.24) is 0 Å². The molecule has 0 saturated carbocycles. The summed E-state index contributed by atoms with van der Waals surface area (Å²) in [7, 11) is 2.02. The summed E-state index contributed by atoms with van der Waals surface area (Å²) < 4.78 is 7.72. The number of aryl methyl sites for hydroxylation is 2. The summed E-state index contributed by atoms with van der Waals surface area (Å²) in [5, 5.41) is 0. The third-order valence-electron chi connectivity index (χ3n) is 3.16. The zero-order valence-electron chi connectivity index (χ0n) is 9.97. The van der Waals surface area contributed by atoms with E-state index in [0.717, 1.165) is 17.0 Å². The van der Waals surface area contributed by atoms with Gasteiger partial charge in [0, 0.05) is 6.07 Å². The first-order valence-corrected chi connectivity index (χ1v) is 5.70. The number of aromatic nitrogens is 1. The summed E-state index contributed by atoms with van der Waals surface area (Å²) in [6, 6.07) is 16.7. The van der Waals surface area contributed by atoms with Crippen LogP contribution in [0, 0.1) is 6.92 Å². The molecule has 0 amide bonds. The molecule has 2 aromatic carbocycles. The van der Waals surface area contributed by atoms with Gasteiger partial charge in [0.05, 0.1) is 6.92 Å². The molecule has 17 heavy (non-hydrogen) atoms. The van der Waals surface area contributed by atoms with Crippen molar-refractivity contribution in [1.29, 1.82) is 0 Å². The van der Waals surface area contributed by atoms with Gasteiger partial charge >= 0.3 is 5.89 Å². The normalized spacial score (nSPS) is 10.9. The number of nitrogens with zero attached hydrogens (tertiary/aromatic N) is 1. The van der Waals surface area contributed by atoms with Gasteiger partial charge in [-0.2, -0.15) is 4.57 Å². The van der Waals surface area contributed by atoms with Gasteiger partial charge in [0.1, 0.15) is 7.05 Å². The predicted molar refractivity (Wildman–Crippen MR) is 67.6 cm³/mol. The van der Waals surface area contributed by atoms with E-state index in [1.54, 1.807) is 0 Å². The molecule has 0 fully saturated rings. The Kier molecular flexibility index (Phi) is 2.22. The van der Waals surface area contributed by atoms with E-state index in [1.165, 1.54) is 11.1 Å². The van der Waals surface area contributed by atoms with Gasteiger partial charge in [-0.05, 0) is 17.2 Å². The summed E-state index contributed by atoms with van der Waals surface area (Å²) in [5.41, 5.74) is 4.51. The average Bonchev–Trinajstić information content (AvgIpc) is 2.66. The van der Waals surface area contributed by atoms with Crippen LogP contribution in [0.3, 0.4) is 0 Å². The van der Waals surface area contributed by atoms with E-state index in [0.29, 0.717) is 0 Å². The monoisotopic (exact) mass is 224 g/mol. The van der Waals surface area contributed by atoms with Crippen molar-refractivity contribution in [2.75, 3.05) is 0 Å². The van der Waals surface area contributed by atoms with E-state index in [9.17, 15) is 0 Å². The number of fused-ring (bicyclic) bond motifs is 1. The van der Waals surface area contributed by atoms with Crippen LogP contribution in [0.4, 0.5) is 0 Å². The summed E-state index contributed by atoms with van der Waals surface area (Å²) >= 11 is 0. The van der Waals surface area contributed by atoms with Crippen LogP contribution in [0.15, 0.2) is 52.9 Å². The van der Waals surface area contributed by atoms with Crippen molar-refractivity contribution in [3.63, 3.8) is 0 Å². The van der Waals surface area contributed by atoms with Gasteiger partial charge in [0.2, 0.25) is 5.58 Å². The number of hydrogen-bond donors (Lipinski definition) is 0. The quantitative estimate of drug-likeness (QED) is 0.580. The zero-order valence-corrected chi connectivity index (χ0v) is 9.97. The Morgan fingerprint density at radius 1 is 0.941 bits per heavy atom. The SMILES string of the molecule is Cc1oc2ccc(-c3ccccc3)cc2[n+]1C. The molecule has 1 heterocycles. The van der Waals surface area contributed by atoms with Crippen LogP contribution in [-0.4, -0.2) is 0 Å². The first kappa shape index (κ1) is 10.1. The summed E-state index contributed by atoms with van der Waals surface area (Å²) in [6.45, 7) is 1.97. The minimum absolute atomic E-state index is 0.921. The molecule has 0 spiro atoms. The number of rotatable bonds is 1. The number of oxazole rings is 1. The molecule has 3 rings (SSSR count). The first-order chi connectivity index (χ1) is 8.25. The smallest absolute Gasteiger partial charge is 0.344 e. The van der Waals surface area contributed by atoms with Crippen LogP contribution in [0.5, 0.6) is 0 Å². The fraction of sp³-hybridized carbons (Fsp3) is 0.133. The highest BCUT2D eigenvalue weighted by Crippen LogP contribution is 2.23. The van der Waals surface area contributed by atoms with Gasteiger partial charge in [-0.15, -0.1) is 0 Å². The Balaban J connectivity index is 2.23. The molecule has 0 N–H and O–H groups in total. The van der Waals surface area contributed by atoms with Crippen LogP contribution >= 0.6 is 0 Å². The van der Waals surface area contributed by atoms with Crippen LogP contribution in [0.25, 0.3) is 22.2 Å². The van der Waals surface area contributed by atoms with Crippen molar-refractivity contribution < 1.29 is 8.98 Å². The Morgan fingerprint density at radius 2 is 1.71 bits per heavy atom. The molecule has 3 aromatic rings. The highest BCUT2D eigenvalue weighted by atomic mass is 16.3. The lowest BCUT2D eigenvalue weighted by atomic mass is 10.1. The summed E-state index contributed by atoms with van der Waals surface area (Å²) in [6.07, 6.45) is 0. The van der Waals surface area contributed by atoms with E-state index in [-0.39, 0.29) is 0 Å². The third-order valence-corrected chi connectivity index (χ3v) is 3.16. The second kappa shape index (κ2) is 3.74. The lowest BCUT2D eigenvalue weighted by Gasteiger charge is -1.98. The second-order valence-corrected chi connectivity index (χ2v) is 4.23. The Bertz CT molecular complexity index is 668. The lowest BCUT2D eigenvalue weighted by molar-refractivity contribution is -0.657. The molecular formula is C15H14NO+. The molecule has 0 atom stereocenters. The van der Waals surface area contributed by atoms with Crippen LogP contribution in [-0.2, 0) is 7.05 Å². The fourth-order valence-corrected chi connectivity index (χ4v) is 2.07. The van der Waals surface area contributed by atoms with Gasteiger partial charge in [0.15, 0.2) is 0 Å². The predicted octanol–water partition coefficient (Wildman–Crippen LogP) is 3.23. The minimum Gasteiger partial charge on any atom is -0.402 e. The van der Waals surface area contributed by atoms with Gasteiger partial charge < -0.3 is 4.42 Å². The van der Waals surface area contributed by atoms with E-state index < -0.39 is 0 Å². The Morgan fingerprint density at radius 3 is 2.47 bits per heavy atom. The molecule has 0 aliphatic heterocycles. The van der Waals surface area contributed by atoms with Crippen molar-refractivity contribution in [3.8, 4) is 11.1 Å². The van der Waals surface area contributed by atoms with E-state index in [2.05, 4.69) is 41.0 Å². The fourth-order valence-electron chi connectivity index (χ4n) is 2.07. The second-order valence-electron chi connectivity index (χ2n) is 4.23. The van der Waals surface area contributed by atoms with E-state index >= 15 is 0 Å². The maximum absolute atomic E-state index is 5.65. The van der Waals surface area contributed by atoms with Crippen LogP contribution < -0.4 is 4.57 Å². The standard InChI is InChI=1S/C15H14NO/c1-11-16(2)14-10-13(8-9-15(14)17-11)12-6-4-3-5-7-12/h3-10H,1-2H3/q+1. The molecule has 2 nitrogen and oxygen atoms in total. The molecule has 1 aromatic heterocycles. The van der Waals surface area contributed by atoms with Crippen molar-refractivity contribution in [2.45, 2.75) is 6.92 Å². The highest BCUT2D eigenvalue weighted by molar-refractivity contribution is 5.78. The molecule has 0 radical (unpaired) electrons. The molecule has 2 heteroatoms. The molecular weight excluding hydrogens is 210 g/mol. The summed E-state index contributed by atoms with van der Waals surface area (Å²) in [5.74, 6) is 0.921. The first-order valence-electron chi connectivity index (χ1n) is 5.70. The van der Waals surface area contributed by atoms with Gasteiger partial charge in [-0.25, -0.2) is 0 Å². The van der Waals surface area contributed by atoms with Gasteiger partial charge in [-0.1, -0.05) is 36.4 Å².